The second-order valence-electron chi connectivity index (χ2n) is 12.9. The Labute approximate surface area is 243 Å². The number of benzene rings is 1. The Balaban J connectivity index is 0.00000400. The maximum atomic E-state index is 5.25. The first-order chi connectivity index (χ1) is 17.3. The SMILES string of the molecule is CC(c1c[c-]c(-c2nc(C(C)(C)c3ccn(-c4[c-]cccc4)n3)ccc2CC(C)(C)C)cn1)C(C)(C)C.[Pt+2]. The molecule has 0 radical (unpaired) electrons. The third-order valence-corrected chi connectivity index (χ3v) is 7.22. The molecule has 1 atom stereocenters. The molecule has 0 N–H and O–H groups in total. The van der Waals surface area contributed by atoms with Crippen molar-refractivity contribution in [3.05, 3.63) is 95.7 Å². The molecule has 0 spiro atoms. The van der Waals surface area contributed by atoms with Crippen LogP contribution in [0, 0.1) is 23.0 Å². The molecule has 202 valence electrons. The third kappa shape index (κ3) is 6.70. The maximum absolute atomic E-state index is 5.25. The van der Waals surface area contributed by atoms with Crippen LogP contribution in [0.2, 0.25) is 0 Å². The molecule has 5 heteroatoms. The van der Waals surface area contributed by atoms with E-state index >= 15 is 0 Å². The van der Waals surface area contributed by atoms with Gasteiger partial charge in [-0.2, -0.15) is 29.4 Å². The number of pyridine rings is 2. The normalized spacial score (nSPS) is 13.2. The Hall–Kier alpha value is -2.58. The van der Waals surface area contributed by atoms with Gasteiger partial charge in [0.2, 0.25) is 0 Å². The molecule has 4 rings (SSSR count). The van der Waals surface area contributed by atoms with E-state index < -0.39 is 0 Å². The molecular weight excluding hydrogens is 647 g/mol. The summed E-state index contributed by atoms with van der Waals surface area (Å²) < 4.78 is 1.87. The molecule has 0 bridgehead atoms. The van der Waals surface area contributed by atoms with Crippen molar-refractivity contribution >= 4 is 0 Å². The first kappa shape index (κ1) is 30.0. The molecule has 4 aromatic rings. The van der Waals surface area contributed by atoms with Crippen LogP contribution in [0.5, 0.6) is 0 Å². The first-order valence-electron chi connectivity index (χ1n) is 13.2. The van der Waals surface area contributed by atoms with Gasteiger partial charge in [-0.25, -0.2) is 0 Å². The molecule has 38 heavy (non-hydrogen) atoms. The fourth-order valence-corrected chi connectivity index (χ4v) is 4.41. The number of hydrogen-bond acceptors (Lipinski definition) is 3. The molecule has 0 aliphatic rings. The van der Waals surface area contributed by atoms with Gasteiger partial charge in [0.25, 0.3) is 0 Å². The Morgan fingerprint density at radius 3 is 2.21 bits per heavy atom. The van der Waals surface area contributed by atoms with Gasteiger partial charge in [-0.05, 0) is 66.2 Å². The summed E-state index contributed by atoms with van der Waals surface area (Å²) in [6, 6.07) is 23.1. The summed E-state index contributed by atoms with van der Waals surface area (Å²) in [5.41, 5.74) is 6.91. The van der Waals surface area contributed by atoms with E-state index in [1.54, 1.807) is 0 Å². The van der Waals surface area contributed by atoms with Crippen molar-refractivity contribution in [1.82, 2.24) is 19.7 Å². The van der Waals surface area contributed by atoms with E-state index in [-0.39, 0.29) is 37.3 Å². The zero-order chi connectivity index (χ0) is 27.0. The van der Waals surface area contributed by atoms with Crippen LogP contribution in [0.4, 0.5) is 0 Å². The zero-order valence-corrected chi connectivity index (χ0v) is 26.4. The molecule has 0 amide bonds. The largest absolute Gasteiger partial charge is 2.00 e. The maximum Gasteiger partial charge on any atom is 2.00 e. The molecule has 1 unspecified atom stereocenters. The number of rotatable bonds is 6. The van der Waals surface area contributed by atoms with Crippen molar-refractivity contribution in [2.24, 2.45) is 10.8 Å². The Bertz CT molecular complexity index is 1340. The molecule has 0 saturated carbocycles. The van der Waals surface area contributed by atoms with Crippen molar-refractivity contribution in [2.45, 2.75) is 80.1 Å². The van der Waals surface area contributed by atoms with Gasteiger partial charge in [0.15, 0.2) is 0 Å². The fourth-order valence-electron chi connectivity index (χ4n) is 4.41. The van der Waals surface area contributed by atoms with Gasteiger partial charge in [-0.15, -0.1) is 23.8 Å². The van der Waals surface area contributed by atoms with Crippen LogP contribution < -0.4 is 0 Å². The minimum atomic E-state index is -0.386. The Morgan fingerprint density at radius 1 is 0.895 bits per heavy atom. The Kier molecular flexibility index (Phi) is 8.88. The summed E-state index contributed by atoms with van der Waals surface area (Å²) in [6.45, 7) is 20.1. The average molecular weight is 688 g/mol. The second-order valence-corrected chi connectivity index (χ2v) is 12.9. The number of aromatic nitrogens is 4. The minimum Gasteiger partial charge on any atom is -0.356 e. The van der Waals surface area contributed by atoms with E-state index in [4.69, 9.17) is 15.1 Å². The fraction of sp³-hybridized carbons (Fsp3) is 0.424. The van der Waals surface area contributed by atoms with Crippen LogP contribution in [-0.4, -0.2) is 19.7 Å². The van der Waals surface area contributed by atoms with Crippen molar-refractivity contribution in [3.8, 4) is 16.9 Å². The summed E-state index contributed by atoms with van der Waals surface area (Å²) in [5.74, 6) is 0.335. The van der Waals surface area contributed by atoms with Gasteiger partial charge in [0.05, 0.1) is 11.1 Å². The monoisotopic (exact) mass is 687 g/mol. The standard InChI is InChI=1S/C33H40N4.Pt/c1-23(32(5,6)7)27-17-15-25(22-34-27)30-24(21-31(2,3)4)16-18-28(35-30)33(8,9)29-19-20-37(36-29)26-13-11-10-12-14-26;/h10-13,16-20,22-23H,21H2,1-9H3;/q-2;+2. The van der Waals surface area contributed by atoms with Gasteiger partial charge in [0.1, 0.15) is 0 Å². The molecule has 3 heterocycles. The van der Waals surface area contributed by atoms with Gasteiger partial charge >= 0.3 is 21.1 Å². The number of hydrogen-bond donors (Lipinski definition) is 0. The van der Waals surface area contributed by atoms with Gasteiger partial charge in [-0.1, -0.05) is 66.3 Å². The molecule has 4 nitrogen and oxygen atoms in total. The second kappa shape index (κ2) is 11.3. The predicted molar refractivity (Wildman–Crippen MR) is 152 cm³/mol. The molecule has 0 aliphatic carbocycles. The predicted octanol–water partition coefficient (Wildman–Crippen LogP) is 7.99. The van der Waals surface area contributed by atoms with Crippen molar-refractivity contribution in [1.29, 1.82) is 0 Å². The molecular formula is C33H40N4Pt. The summed E-state index contributed by atoms with van der Waals surface area (Å²) >= 11 is 0. The summed E-state index contributed by atoms with van der Waals surface area (Å²) in [5, 5.41) is 4.89. The quantitative estimate of drug-likeness (QED) is 0.193. The molecule has 0 saturated heterocycles. The van der Waals surface area contributed by atoms with Crippen molar-refractivity contribution in [2.75, 3.05) is 0 Å². The number of nitrogens with zero attached hydrogens (tertiary/aromatic N) is 4. The molecule has 3 aromatic heterocycles. The Morgan fingerprint density at radius 2 is 1.63 bits per heavy atom. The van der Waals surface area contributed by atoms with E-state index in [1.165, 1.54) is 5.56 Å². The smallest absolute Gasteiger partial charge is 0.356 e. The van der Waals surface area contributed by atoms with Crippen LogP contribution in [-0.2, 0) is 32.9 Å². The molecule has 0 fully saturated rings. The van der Waals surface area contributed by atoms with Gasteiger partial charge < -0.3 is 4.98 Å². The van der Waals surface area contributed by atoms with Crippen LogP contribution in [0.3, 0.4) is 0 Å². The summed E-state index contributed by atoms with van der Waals surface area (Å²) in [4.78, 5) is 10.1. The molecule has 1 aromatic carbocycles. The third-order valence-electron chi connectivity index (χ3n) is 7.22. The van der Waals surface area contributed by atoms with Gasteiger partial charge in [0, 0.05) is 11.9 Å². The molecule has 0 aliphatic heterocycles. The van der Waals surface area contributed by atoms with E-state index in [2.05, 4.69) is 92.6 Å². The van der Waals surface area contributed by atoms with Crippen LogP contribution in [0.1, 0.15) is 90.9 Å². The van der Waals surface area contributed by atoms with Crippen LogP contribution in [0.15, 0.2) is 60.9 Å². The van der Waals surface area contributed by atoms with Crippen molar-refractivity contribution < 1.29 is 21.1 Å². The average Bonchev–Trinajstić information content (AvgIpc) is 3.34. The summed E-state index contributed by atoms with van der Waals surface area (Å²) in [6.07, 6.45) is 4.86. The topological polar surface area (TPSA) is 43.6 Å². The van der Waals surface area contributed by atoms with E-state index in [0.717, 1.165) is 40.4 Å². The van der Waals surface area contributed by atoms with Crippen molar-refractivity contribution in [3.63, 3.8) is 0 Å². The van der Waals surface area contributed by atoms with E-state index in [0.29, 0.717) is 5.92 Å². The summed E-state index contributed by atoms with van der Waals surface area (Å²) in [7, 11) is 0. The van der Waals surface area contributed by atoms with Crippen LogP contribution >= 0.6 is 0 Å². The van der Waals surface area contributed by atoms with E-state index in [1.807, 2.05) is 47.4 Å². The van der Waals surface area contributed by atoms with Crippen LogP contribution in [0.25, 0.3) is 16.9 Å². The number of para-hydroxylation sites is 1. The zero-order valence-electron chi connectivity index (χ0n) is 24.2. The van der Waals surface area contributed by atoms with Gasteiger partial charge in [-0.3, -0.25) is 9.67 Å². The first-order valence-corrected chi connectivity index (χ1v) is 13.2. The minimum absolute atomic E-state index is 0. The van der Waals surface area contributed by atoms with E-state index in [9.17, 15) is 0 Å².